The van der Waals surface area contributed by atoms with Crippen molar-refractivity contribution in [2.75, 3.05) is 0 Å². The lowest BCUT2D eigenvalue weighted by molar-refractivity contribution is 0.0938. The van der Waals surface area contributed by atoms with Crippen molar-refractivity contribution in [2.24, 2.45) is 0 Å². The van der Waals surface area contributed by atoms with E-state index < -0.39 is 0 Å². The van der Waals surface area contributed by atoms with Crippen molar-refractivity contribution in [3.8, 4) is 5.69 Å². The summed E-state index contributed by atoms with van der Waals surface area (Å²) in [6.45, 7) is 1.99. The van der Waals surface area contributed by atoms with Gasteiger partial charge in [0.15, 0.2) is 0 Å². The minimum absolute atomic E-state index is 0.0325. The Balaban J connectivity index is 1.69. The maximum absolute atomic E-state index is 12.7. The molecule has 0 unspecified atom stereocenters. The number of benzene rings is 2. The van der Waals surface area contributed by atoms with Crippen molar-refractivity contribution >= 4 is 17.5 Å². The highest BCUT2D eigenvalue weighted by Crippen LogP contribution is 2.19. The van der Waals surface area contributed by atoms with Gasteiger partial charge in [-0.3, -0.25) is 4.79 Å². The maximum Gasteiger partial charge on any atom is 0.253 e. The van der Waals surface area contributed by atoms with Crippen LogP contribution in [0.5, 0.6) is 0 Å². The number of tetrazole rings is 1. The molecule has 0 aliphatic carbocycles. The maximum atomic E-state index is 12.7. The standard InChI is InChI=1S/C18H18ClN5O/c1-13(7-8-14-5-3-2-4-6-14)21-18(25)16-10-9-15(19)11-17(16)24-12-20-22-23-24/h2-6,9-13H,7-8H2,1H3,(H,21,25)/t13-/m0/s1. The van der Waals surface area contributed by atoms with Crippen LogP contribution in [0, 0.1) is 0 Å². The van der Waals surface area contributed by atoms with Crippen molar-refractivity contribution in [1.29, 1.82) is 0 Å². The zero-order valence-corrected chi connectivity index (χ0v) is 14.5. The van der Waals surface area contributed by atoms with Gasteiger partial charge in [0.1, 0.15) is 6.33 Å². The number of halogens is 1. The molecule has 3 aromatic rings. The van der Waals surface area contributed by atoms with Crippen molar-refractivity contribution in [3.63, 3.8) is 0 Å². The van der Waals surface area contributed by atoms with Gasteiger partial charge in [-0.15, -0.1) is 5.10 Å². The molecular formula is C18H18ClN5O. The van der Waals surface area contributed by atoms with Crippen LogP contribution in [-0.4, -0.2) is 32.2 Å². The van der Waals surface area contributed by atoms with Gasteiger partial charge in [-0.1, -0.05) is 41.9 Å². The smallest absolute Gasteiger partial charge is 0.253 e. The van der Waals surface area contributed by atoms with E-state index in [4.69, 9.17) is 11.6 Å². The Bertz CT molecular complexity index is 836. The van der Waals surface area contributed by atoms with Crippen LogP contribution in [0.4, 0.5) is 0 Å². The predicted molar refractivity (Wildman–Crippen MR) is 95.9 cm³/mol. The molecule has 6 nitrogen and oxygen atoms in total. The van der Waals surface area contributed by atoms with Crippen LogP contribution in [0.3, 0.4) is 0 Å². The first-order chi connectivity index (χ1) is 12.1. The first kappa shape index (κ1) is 17.1. The molecule has 0 aliphatic rings. The Kier molecular flexibility index (Phi) is 5.40. The number of aromatic nitrogens is 4. The van der Waals surface area contributed by atoms with Crippen molar-refractivity contribution in [2.45, 2.75) is 25.8 Å². The first-order valence-electron chi connectivity index (χ1n) is 8.01. The van der Waals surface area contributed by atoms with Crippen molar-refractivity contribution in [1.82, 2.24) is 25.5 Å². The van der Waals surface area contributed by atoms with Gasteiger partial charge in [-0.2, -0.15) is 4.68 Å². The Morgan fingerprint density at radius 3 is 2.76 bits per heavy atom. The fourth-order valence-electron chi connectivity index (χ4n) is 2.56. The average Bonchev–Trinajstić information content (AvgIpc) is 3.15. The van der Waals surface area contributed by atoms with Gasteiger partial charge in [0, 0.05) is 11.1 Å². The van der Waals surface area contributed by atoms with Gasteiger partial charge < -0.3 is 5.32 Å². The van der Waals surface area contributed by atoms with E-state index in [1.165, 1.54) is 16.6 Å². The van der Waals surface area contributed by atoms with Crippen LogP contribution >= 0.6 is 11.6 Å². The molecule has 0 bridgehead atoms. The van der Waals surface area contributed by atoms with Gasteiger partial charge in [0.2, 0.25) is 0 Å². The number of hydrogen-bond acceptors (Lipinski definition) is 4. The van der Waals surface area contributed by atoms with Crippen LogP contribution in [0.2, 0.25) is 5.02 Å². The molecule has 0 aliphatic heterocycles. The third-order valence-corrected chi connectivity index (χ3v) is 4.12. The van der Waals surface area contributed by atoms with Gasteiger partial charge in [0.25, 0.3) is 5.91 Å². The second-order valence-corrected chi connectivity index (χ2v) is 6.25. The molecule has 0 spiro atoms. The van der Waals surface area contributed by atoms with E-state index >= 15 is 0 Å². The molecule has 1 aromatic heterocycles. The Hall–Kier alpha value is -2.73. The summed E-state index contributed by atoms with van der Waals surface area (Å²) in [6, 6.07) is 15.3. The number of carbonyl (C=O) groups excluding carboxylic acids is 1. The highest BCUT2D eigenvalue weighted by atomic mass is 35.5. The van der Waals surface area contributed by atoms with Gasteiger partial charge in [-0.05, 0) is 54.0 Å². The van der Waals surface area contributed by atoms with Gasteiger partial charge >= 0.3 is 0 Å². The molecule has 0 saturated carbocycles. The Morgan fingerprint density at radius 1 is 1.24 bits per heavy atom. The van der Waals surface area contributed by atoms with E-state index in [0.717, 1.165) is 12.8 Å². The number of rotatable bonds is 6. The number of nitrogens with one attached hydrogen (secondary N) is 1. The summed E-state index contributed by atoms with van der Waals surface area (Å²) in [5.41, 5.74) is 2.28. The minimum Gasteiger partial charge on any atom is -0.350 e. The SMILES string of the molecule is C[C@@H](CCc1ccccc1)NC(=O)c1ccc(Cl)cc1-n1cnnn1. The topological polar surface area (TPSA) is 72.7 Å². The molecule has 0 saturated heterocycles. The van der Waals surface area contributed by atoms with E-state index in [0.29, 0.717) is 16.3 Å². The van der Waals surface area contributed by atoms with Crippen LogP contribution < -0.4 is 5.32 Å². The third kappa shape index (κ3) is 4.42. The lowest BCUT2D eigenvalue weighted by atomic mass is 10.1. The van der Waals surface area contributed by atoms with E-state index in [9.17, 15) is 4.79 Å². The lowest BCUT2D eigenvalue weighted by Gasteiger charge is -2.15. The molecule has 1 amide bonds. The molecule has 2 aromatic carbocycles. The van der Waals surface area contributed by atoms with Crippen LogP contribution in [0.1, 0.15) is 29.3 Å². The first-order valence-corrected chi connectivity index (χ1v) is 8.39. The Morgan fingerprint density at radius 2 is 2.04 bits per heavy atom. The molecule has 7 heteroatoms. The number of nitrogens with zero attached hydrogens (tertiary/aromatic N) is 4. The second kappa shape index (κ2) is 7.90. The van der Waals surface area contributed by atoms with E-state index in [2.05, 4.69) is 33.0 Å². The fraction of sp³-hybridized carbons (Fsp3) is 0.222. The molecule has 1 atom stereocenters. The predicted octanol–water partition coefficient (Wildman–Crippen LogP) is 3.07. The number of carbonyl (C=O) groups is 1. The largest absolute Gasteiger partial charge is 0.350 e. The van der Waals surface area contributed by atoms with Crippen LogP contribution in [0.25, 0.3) is 5.69 Å². The molecule has 128 valence electrons. The number of aryl methyl sites for hydroxylation is 1. The third-order valence-electron chi connectivity index (χ3n) is 3.89. The van der Waals surface area contributed by atoms with E-state index in [-0.39, 0.29) is 11.9 Å². The molecule has 1 N–H and O–H groups in total. The summed E-state index contributed by atoms with van der Waals surface area (Å²) >= 11 is 6.05. The van der Waals surface area contributed by atoms with E-state index in [1.54, 1.807) is 18.2 Å². The van der Waals surface area contributed by atoms with Gasteiger partial charge in [-0.25, -0.2) is 0 Å². The summed E-state index contributed by atoms with van der Waals surface area (Å²) in [5, 5.41) is 14.6. The number of hydrogen-bond donors (Lipinski definition) is 1. The summed E-state index contributed by atoms with van der Waals surface area (Å²) in [4.78, 5) is 12.7. The van der Waals surface area contributed by atoms with Crippen LogP contribution in [-0.2, 0) is 6.42 Å². The molecule has 0 fully saturated rings. The fourth-order valence-corrected chi connectivity index (χ4v) is 2.73. The number of amides is 1. The van der Waals surface area contributed by atoms with Crippen molar-refractivity contribution < 1.29 is 4.79 Å². The summed E-state index contributed by atoms with van der Waals surface area (Å²) < 4.78 is 1.43. The molecule has 0 radical (unpaired) electrons. The molecule has 1 heterocycles. The molecular weight excluding hydrogens is 338 g/mol. The normalized spacial score (nSPS) is 11.9. The molecule has 3 rings (SSSR count). The summed E-state index contributed by atoms with van der Waals surface area (Å²) in [5.74, 6) is -0.178. The molecule has 25 heavy (non-hydrogen) atoms. The highest BCUT2D eigenvalue weighted by Gasteiger charge is 2.16. The monoisotopic (exact) mass is 355 g/mol. The summed E-state index contributed by atoms with van der Waals surface area (Å²) in [7, 11) is 0. The highest BCUT2D eigenvalue weighted by molar-refractivity contribution is 6.31. The Labute approximate surface area is 150 Å². The average molecular weight is 356 g/mol. The lowest BCUT2D eigenvalue weighted by Crippen LogP contribution is -2.33. The quantitative estimate of drug-likeness (QED) is 0.737. The zero-order chi connectivity index (χ0) is 17.6. The minimum atomic E-state index is -0.178. The zero-order valence-electron chi connectivity index (χ0n) is 13.8. The summed E-state index contributed by atoms with van der Waals surface area (Å²) in [6.07, 6.45) is 3.19. The van der Waals surface area contributed by atoms with Crippen molar-refractivity contribution in [3.05, 3.63) is 71.0 Å². The second-order valence-electron chi connectivity index (χ2n) is 5.81. The van der Waals surface area contributed by atoms with Gasteiger partial charge in [0.05, 0.1) is 11.3 Å². The van der Waals surface area contributed by atoms with Crippen LogP contribution in [0.15, 0.2) is 54.9 Å². The van der Waals surface area contributed by atoms with E-state index in [1.807, 2.05) is 25.1 Å².